The van der Waals surface area contributed by atoms with Gasteiger partial charge in [-0.1, -0.05) is 164 Å². The minimum absolute atomic E-state index is 0.504. The van der Waals surface area contributed by atoms with Gasteiger partial charge in [0.2, 0.25) is 0 Å². The summed E-state index contributed by atoms with van der Waals surface area (Å²) in [5.41, 5.74) is 14.0. The van der Waals surface area contributed by atoms with Crippen LogP contribution in [0.1, 0.15) is 22.3 Å². The molecule has 0 atom stereocenters. The molecule has 0 bridgehead atoms. The molecule has 0 aliphatic heterocycles. The van der Waals surface area contributed by atoms with Gasteiger partial charge in [-0.05, 0) is 102 Å². The molecule has 11 rings (SSSR count). The summed E-state index contributed by atoms with van der Waals surface area (Å²) in [7, 11) is 0. The summed E-state index contributed by atoms with van der Waals surface area (Å²) < 4.78 is 6.45. The second-order valence-corrected chi connectivity index (χ2v) is 14.0. The molecule has 10 aromatic rings. The maximum atomic E-state index is 6.45. The summed E-state index contributed by atoms with van der Waals surface area (Å²) in [4.78, 5) is 0. The zero-order valence-corrected chi connectivity index (χ0v) is 28.4. The lowest BCUT2D eigenvalue weighted by atomic mass is 9.66. The van der Waals surface area contributed by atoms with Crippen LogP contribution in [0.3, 0.4) is 0 Å². The van der Waals surface area contributed by atoms with Gasteiger partial charge in [-0.2, -0.15) is 0 Å². The van der Waals surface area contributed by atoms with Crippen LogP contribution >= 0.6 is 0 Å². The molecule has 0 amide bonds. The standard InChI is InChI=1S/C51H32O/c1-4-12-33(13-5-1)37-22-26-43-44-27-23-38-30-35(36-24-29-48-46(31-36)45-28-20-34-14-10-11-19-42(34)50(45)52-48)21-25-41(38)49(44)51(47(43)32-37,39-15-6-2-7-16-39)40-17-8-3-9-18-40/h1-32H. The van der Waals surface area contributed by atoms with Crippen LogP contribution in [0.15, 0.2) is 199 Å². The Morgan fingerprint density at radius 3 is 1.73 bits per heavy atom. The molecule has 0 unspecified atom stereocenters. The van der Waals surface area contributed by atoms with Crippen LogP contribution in [-0.4, -0.2) is 0 Å². The maximum absolute atomic E-state index is 6.45. The summed E-state index contributed by atoms with van der Waals surface area (Å²) in [5, 5.41) is 7.13. The van der Waals surface area contributed by atoms with Gasteiger partial charge in [-0.15, -0.1) is 0 Å². The molecule has 0 fully saturated rings. The van der Waals surface area contributed by atoms with Crippen molar-refractivity contribution in [3.8, 4) is 33.4 Å². The fourth-order valence-corrected chi connectivity index (χ4v) is 9.00. The third-order valence-electron chi connectivity index (χ3n) is 11.3. The van der Waals surface area contributed by atoms with E-state index in [-0.39, 0.29) is 0 Å². The fourth-order valence-electron chi connectivity index (χ4n) is 9.00. The van der Waals surface area contributed by atoms with Crippen molar-refractivity contribution < 1.29 is 4.42 Å². The molecule has 0 N–H and O–H groups in total. The second-order valence-electron chi connectivity index (χ2n) is 14.0. The van der Waals surface area contributed by atoms with Gasteiger partial charge in [-0.25, -0.2) is 0 Å². The van der Waals surface area contributed by atoms with Gasteiger partial charge in [0.1, 0.15) is 11.2 Å². The topological polar surface area (TPSA) is 13.1 Å². The Morgan fingerprint density at radius 1 is 0.346 bits per heavy atom. The Hall–Kier alpha value is -6.70. The largest absolute Gasteiger partial charge is 0.455 e. The fraction of sp³-hybridized carbons (Fsp3) is 0.0196. The summed E-state index contributed by atoms with van der Waals surface area (Å²) in [6, 6.07) is 71.2. The molecule has 52 heavy (non-hydrogen) atoms. The van der Waals surface area contributed by atoms with E-state index in [4.69, 9.17) is 4.42 Å². The van der Waals surface area contributed by atoms with Gasteiger partial charge < -0.3 is 4.42 Å². The first-order valence-electron chi connectivity index (χ1n) is 18.0. The molecule has 0 spiro atoms. The first-order valence-corrected chi connectivity index (χ1v) is 18.0. The number of hydrogen-bond donors (Lipinski definition) is 0. The predicted molar refractivity (Wildman–Crippen MR) is 217 cm³/mol. The molecule has 1 heteroatoms. The minimum atomic E-state index is -0.504. The SMILES string of the molecule is c1ccc(-c2ccc3c(c2)C(c2ccccc2)(c2ccccc2)c2c-3ccc3cc(-c4ccc5oc6c7ccccc7ccc6c5c4)ccc23)cc1. The molecule has 0 saturated carbocycles. The monoisotopic (exact) mass is 660 g/mol. The highest BCUT2D eigenvalue weighted by molar-refractivity contribution is 6.15. The van der Waals surface area contributed by atoms with E-state index < -0.39 is 5.41 Å². The van der Waals surface area contributed by atoms with Gasteiger partial charge >= 0.3 is 0 Å². The molecule has 1 aliphatic carbocycles. The lowest BCUT2D eigenvalue weighted by Gasteiger charge is -2.35. The van der Waals surface area contributed by atoms with E-state index in [1.807, 2.05) is 0 Å². The Balaban J connectivity index is 1.15. The quantitative estimate of drug-likeness (QED) is 0.183. The molecule has 0 saturated heterocycles. The molecular formula is C51H32O. The summed E-state index contributed by atoms with van der Waals surface area (Å²) >= 11 is 0. The van der Waals surface area contributed by atoms with E-state index in [2.05, 4.69) is 194 Å². The average Bonchev–Trinajstić information content (AvgIpc) is 3.75. The number of fused-ring (bicyclic) bond motifs is 10. The molecule has 9 aromatic carbocycles. The maximum Gasteiger partial charge on any atom is 0.143 e. The van der Waals surface area contributed by atoms with Crippen molar-refractivity contribution >= 4 is 43.5 Å². The van der Waals surface area contributed by atoms with Crippen LogP contribution < -0.4 is 0 Å². The van der Waals surface area contributed by atoms with E-state index in [9.17, 15) is 0 Å². The van der Waals surface area contributed by atoms with Crippen LogP contribution in [0.25, 0.3) is 76.9 Å². The van der Waals surface area contributed by atoms with Crippen molar-refractivity contribution in [2.75, 3.05) is 0 Å². The van der Waals surface area contributed by atoms with Crippen LogP contribution in [-0.2, 0) is 5.41 Å². The van der Waals surface area contributed by atoms with Crippen LogP contribution in [0.5, 0.6) is 0 Å². The zero-order chi connectivity index (χ0) is 34.2. The highest BCUT2D eigenvalue weighted by Crippen LogP contribution is 2.58. The van der Waals surface area contributed by atoms with Gasteiger partial charge in [-0.3, -0.25) is 0 Å². The lowest BCUT2D eigenvalue weighted by Crippen LogP contribution is -2.28. The molecule has 1 aliphatic rings. The van der Waals surface area contributed by atoms with E-state index >= 15 is 0 Å². The molecule has 0 radical (unpaired) electrons. The molecule has 242 valence electrons. The van der Waals surface area contributed by atoms with Gasteiger partial charge in [0.05, 0.1) is 5.41 Å². The Morgan fingerprint density at radius 2 is 0.942 bits per heavy atom. The summed E-state index contributed by atoms with van der Waals surface area (Å²) in [6.45, 7) is 0. The van der Waals surface area contributed by atoms with Crippen LogP contribution in [0, 0.1) is 0 Å². The Labute approximate surface area is 302 Å². The highest BCUT2D eigenvalue weighted by atomic mass is 16.3. The minimum Gasteiger partial charge on any atom is -0.455 e. The van der Waals surface area contributed by atoms with Crippen molar-refractivity contribution in [2.24, 2.45) is 0 Å². The molecular weight excluding hydrogens is 629 g/mol. The van der Waals surface area contributed by atoms with E-state index in [0.29, 0.717) is 0 Å². The van der Waals surface area contributed by atoms with Crippen molar-refractivity contribution in [3.05, 3.63) is 216 Å². The van der Waals surface area contributed by atoms with E-state index in [1.165, 1.54) is 71.8 Å². The van der Waals surface area contributed by atoms with Crippen molar-refractivity contribution in [2.45, 2.75) is 5.41 Å². The molecule has 1 aromatic heterocycles. The lowest BCUT2D eigenvalue weighted by molar-refractivity contribution is 0.672. The first-order chi connectivity index (χ1) is 25.8. The number of furan rings is 1. The van der Waals surface area contributed by atoms with Gasteiger partial charge in [0.25, 0.3) is 0 Å². The van der Waals surface area contributed by atoms with Gasteiger partial charge in [0, 0.05) is 16.2 Å². The zero-order valence-electron chi connectivity index (χ0n) is 28.4. The normalized spacial score (nSPS) is 13.2. The third kappa shape index (κ3) is 4.11. The summed E-state index contributed by atoms with van der Waals surface area (Å²) in [6.07, 6.45) is 0. The van der Waals surface area contributed by atoms with Crippen LogP contribution in [0.2, 0.25) is 0 Å². The summed E-state index contributed by atoms with van der Waals surface area (Å²) in [5.74, 6) is 0. The molecule has 1 nitrogen and oxygen atoms in total. The third-order valence-corrected chi connectivity index (χ3v) is 11.3. The molecule has 1 heterocycles. The van der Waals surface area contributed by atoms with Crippen LogP contribution in [0.4, 0.5) is 0 Å². The van der Waals surface area contributed by atoms with Crippen molar-refractivity contribution in [1.82, 2.24) is 0 Å². The Bertz CT molecular complexity index is 2950. The predicted octanol–water partition coefficient (Wildman–Crippen LogP) is 13.6. The van der Waals surface area contributed by atoms with Gasteiger partial charge in [0.15, 0.2) is 0 Å². The number of benzene rings is 9. The van der Waals surface area contributed by atoms with Crippen molar-refractivity contribution in [1.29, 1.82) is 0 Å². The average molecular weight is 661 g/mol. The van der Waals surface area contributed by atoms with E-state index in [1.54, 1.807) is 0 Å². The van der Waals surface area contributed by atoms with E-state index in [0.717, 1.165) is 27.3 Å². The van der Waals surface area contributed by atoms with Crippen molar-refractivity contribution in [3.63, 3.8) is 0 Å². The highest BCUT2D eigenvalue weighted by Gasteiger charge is 2.47. The number of hydrogen-bond acceptors (Lipinski definition) is 1. The first kappa shape index (κ1) is 29.1. The number of rotatable bonds is 4. The Kier molecular flexibility index (Phi) is 6.23. The second kappa shape index (κ2) is 11.2. The smallest absolute Gasteiger partial charge is 0.143 e.